The molecule has 0 atom stereocenters. The van der Waals surface area contributed by atoms with Gasteiger partial charge in [0.2, 0.25) is 5.91 Å². The number of fused-ring (bicyclic) bond motifs is 1. The molecule has 1 aromatic heterocycles. The van der Waals surface area contributed by atoms with Crippen molar-refractivity contribution in [2.45, 2.75) is 6.92 Å². The summed E-state index contributed by atoms with van der Waals surface area (Å²) in [6, 6.07) is 14.3. The number of carbonyl (C=O) groups excluding carboxylic acids is 2. The summed E-state index contributed by atoms with van der Waals surface area (Å²) in [5, 5.41) is 5.41. The van der Waals surface area contributed by atoms with Crippen molar-refractivity contribution < 1.29 is 14.3 Å². The lowest BCUT2D eigenvalue weighted by Crippen LogP contribution is -2.28. The minimum Gasteiger partial charge on any atom is -0.484 e. The monoisotopic (exact) mass is 376 g/mol. The summed E-state index contributed by atoms with van der Waals surface area (Å²) in [6.45, 7) is 2.36. The van der Waals surface area contributed by atoms with E-state index in [0.717, 1.165) is 11.0 Å². The van der Waals surface area contributed by atoms with Gasteiger partial charge < -0.3 is 15.4 Å². The molecule has 0 aliphatic heterocycles. The number of nitrogens with zero attached hydrogens (tertiary/aromatic N) is 2. The number of rotatable bonds is 7. The molecule has 0 saturated carbocycles. The lowest BCUT2D eigenvalue weighted by Gasteiger charge is -2.07. The highest BCUT2D eigenvalue weighted by atomic mass is 16.5. The average molecular weight is 376 g/mol. The number of ether oxygens (including phenoxy) is 1. The molecule has 0 fully saturated rings. The van der Waals surface area contributed by atoms with E-state index in [1.54, 1.807) is 36.5 Å². The van der Waals surface area contributed by atoms with Crippen LogP contribution in [0.15, 0.2) is 60.8 Å². The third-order valence-corrected chi connectivity index (χ3v) is 3.74. The summed E-state index contributed by atoms with van der Waals surface area (Å²) < 4.78 is 5.37. The number of para-hydroxylation sites is 2. The Hall–Kier alpha value is -3.74. The third-order valence-electron chi connectivity index (χ3n) is 3.74. The molecular formula is C21H20N4O3. The van der Waals surface area contributed by atoms with E-state index in [1.165, 1.54) is 6.08 Å². The van der Waals surface area contributed by atoms with Crippen molar-refractivity contribution in [3.63, 3.8) is 0 Å². The summed E-state index contributed by atoms with van der Waals surface area (Å²) in [7, 11) is 0. The maximum Gasteiger partial charge on any atom is 0.257 e. The number of hydrogen-bond acceptors (Lipinski definition) is 5. The minimum atomic E-state index is -0.286. The summed E-state index contributed by atoms with van der Waals surface area (Å²) >= 11 is 0. The van der Waals surface area contributed by atoms with E-state index in [1.807, 2.05) is 31.2 Å². The average Bonchev–Trinajstić information content (AvgIpc) is 2.72. The van der Waals surface area contributed by atoms with Crippen LogP contribution in [0.3, 0.4) is 0 Å². The maximum atomic E-state index is 12.1. The van der Waals surface area contributed by atoms with Gasteiger partial charge in [-0.3, -0.25) is 14.6 Å². The SMILES string of the molecule is CCNC(=O)COc1ccc(NC(=O)/C=C/c2cnc3ccccc3n2)cc1. The Bertz CT molecular complexity index is 1000. The summed E-state index contributed by atoms with van der Waals surface area (Å²) in [5.74, 6) is 0.0824. The Morgan fingerprint density at radius 1 is 1.07 bits per heavy atom. The molecule has 2 N–H and O–H groups in total. The molecule has 3 rings (SSSR count). The second-order valence-electron chi connectivity index (χ2n) is 5.87. The van der Waals surface area contributed by atoms with Gasteiger partial charge in [0, 0.05) is 18.3 Å². The first-order valence-electron chi connectivity index (χ1n) is 8.84. The Morgan fingerprint density at radius 2 is 1.82 bits per heavy atom. The van der Waals surface area contributed by atoms with Crippen molar-refractivity contribution in [1.82, 2.24) is 15.3 Å². The van der Waals surface area contributed by atoms with Gasteiger partial charge >= 0.3 is 0 Å². The summed E-state index contributed by atoms with van der Waals surface area (Å²) in [5.41, 5.74) is 2.79. The molecule has 7 heteroatoms. The molecule has 0 unspecified atom stereocenters. The van der Waals surface area contributed by atoms with E-state index in [4.69, 9.17) is 4.74 Å². The standard InChI is InChI=1S/C21H20N4O3/c1-2-22-21(27)14-28-17-10-7-15(8-11-17)25-20(26)12-9-16-13-23-18-5-3-4-6-19(18)24-16/h3-13H,2,14H2,1H3,(H,22,27)(H,25,26)/b12-9+. The van der Waals surface area contributed by atoms with Gasteiger partial charge in [0.25, 0.3) is 5.91 Å². The van der Waals surface area contributed by atoms with Crippen LogP contribution < -0.4 is 15.4 Å². The molecule has 0 spiro atoms. The van der Waals surface area contributed by atoms with Gasteiger partial charge in [0.05, 0.1) is 22.9 Å². The Balaban J connectivity index is 1.55. The van der Waals surface area contributed by atoms with Crippen LogP contribution in [0.25, 0.3) is 17.1 Å². The number of hydrogen-bond donors (Lipinski definition) is 2. The van der Waals surface area contributed by atoms with Crippen molar-refractivity contribution >= 4 is 34.6 Å². The Morgan fingerprint density at radius 3 is 2.57 bits per heavy atom. The molecule has 7 nitrogen and oxygen atoms in total. The van der Waals surface area contributed by atoms with Crippen molar-refractivity contribution in [2.75, 3.05) is 18.5 Å². The molecule has 0 bridgehead atoms. The van der Waals surface area contributed by atoms with Crippen LogP contribution in [0.4, 0.5) is 5.69 Å². The molecule has 28 heavy (non-hydrogen) atoms. The molecule has 2 amide bonds. The minimum absolute atomic E-state index is 0.0466. The second kappa shape index (κ2) is 9.27. The van der Waals surface area contributed by atoms with Crippen LogP contribution in [0.2, 0.25) is 0 Å². The van der Waals surface area contributed by atoms with Gasteiger partial charge in [-0.2, -0.15) is 0 Å². The van der Waals surface area contributed by atoms with Gasteiger partial charge in [0.15, 0.2) is 6.61 Å². The fourth-order valence-corrected chi connectivity index (χ4v) is 2.43. The lowest BCUT2D eigenvalue weighted by molar-refractivity contribution is -0.123. The smallest absolute Gasteiger partial charge is 0.257 e. The molecule has 0 saturated heterocycles. The molecule has 0 aliphatic carbocycles. The van der Waals surface area contributed by atoms with E-state index in [9.17, 15) is 9.59 Å². The number of benzene rings is 2. The highest BCUT2D eigenvalue weighted by molar-refractivity contribution is 6.01. The van der Waals surface area contributed by atoms with Gasteiger partial charge in [0.1, 0.15) is 5.75 Å². The largest absolute Gasteiger partial charge is 0.484 e. The Labute approximate surface area is 162 Å². The van der Waals surface area contributed by atoms with Crippen molar-refractivity contribution in [2.24, 2.45) is 0 Å². The van der Waals surface area contributed by atoms with Crippen LogP contribution >= 0.6 is 0 Å². The molecule has 142 valence electrons. The van der Waals surface area contributed by atoms with E-state index in [-0.39, 0.29) is 18.4 Å². The fraction of sp³-hybridized carbons (Fsp3) is 0.143. The second-order valence-corrected chi connectivity index (χ2v) is 5.87. The van der Waals surface area contributed by atoms with E-state index >= 15 is 0 Å². The lowest BCUT2D eigenvalue weighted by atomic mass is 10.3. The van der Waals surface area contributed by atoms with Crippen LogP contribution in [-0.2, 0) is 9.59 Å². The van der Waals surface area contributed by atoms with Gasteiger partial charge in [-0.25, -0.2) is 4.98 Å². The molecule has 2 aromatic carbocycles. The first-order valence-corrected chi connectivity index (χ1v) is 8.84. The zero-order valence-corrected chi connectivity index (χ0v) is 15.4. The Kier molecular flexibility index (Phi) is 6.30. The van der Waals surface area contributed by atoms with Crippen LogP contribution in [0, 0.1) is 0 Å². The number of aromatic nitrogens is 2. The summed E-state index contributed by atoms with van der Waals surface area (Å²) in [6.07, 6.45) is 4.63. The quantitative estimate of drug-likeness (QED) is 0.619. The van der Waals surface area contributed by atoms with Crippen molar-refractivity contribution in [3.8, 4) is 5.75 Å². The number of carbonyl (C=O) groups is 2. The predicted molar refractivity (Wildman–Crippen MR) is 108 cm³/mol. The molecule has 1 heterocycles. The van der Waals surface area contributed by atoms with E-state index in [2.05, 4.69) is 20.6 Å². The fourth-order valence-electron chi connectivity index (χ4n) is 2.43. The molecule has 0 aliphatic rings. The highest BCUT2D eigenvalue weighted by Gasteiger charge is 2.03. The number of likely N-dealkylation sites (N-methyl/N-ethyl adjacent to an activating group) is 1. The highest BCUT2D eigenvalue weighted by Crippen LogP contribution is 2.16. The van der Waals surface area contributed by atoms with Gasteiger partial charge in [-0.1, -0.05) is 12.1 Å². The van der Waals surface area contributed by atoms with Crippen LogP contribution in [0.1, 0.15) is 12.6 Å². The zero-order valence-electron chi connectivity index (χ0n) is 15.4. The van der Waals surface area contributed by atoms with E-state index < -0.39 is 0 Å². The van der Waals surface area contributed by atoms with Crippen LogP contribution in [-0.4, -0.2) is 34.9 Å². The van der Waals surface area contributed by atoms with Gasteiger partial charge in [-0.05, 0) is 49.4 Å². The molecule has 0 radical (unpaired) electrons. The third kappa shape index (κ3) is 5.38. The van der Waals surface area contributed by atoms with Crippen molar-refractivity contribution in [1.29, 1.82) is 0 Å². The van der Waals surface area contributed by atoms with Crippen LogP contribution in [0.5, 0.6) is 5.75 Å². The normalized spacial score (nSPS) is 10.8. The number of anilines is 1. The summed E-state index contributed by atoms with van der Waals surface area (Å²) in [4.78, 5) is 32.2. The first-order chi connectivity index (χ1) is 13.6. The molecular weight excluding hydrogens is 356 g/mol. The zero-order chi connectivity index (χ0) is 19.8. The maximum absolute atomic E-state index is 12.1. The van der Waals surface area contributed by atoms with Crippen molar-refractivity contribution in [3.05, 3.63) is 66.5 Å². The number of amides is 2. The predicted octanol–water partition coefficient (Wildman–Crippen LogP) is 2.80. The first kappa shape index (κ1) is 19.0. The molecule has 3 aromatic rings. The number of nitrogens with one attached hydrogen (secondary N) is 2. The van der Waals surface area contributed by atoms with Gasteiger partial charge in [-0.15, -0.1) is 0 Å². The topological polar surface area (TPSA) is 93.2 Å². The van der Waals surface area contributed by atoms with E-state index in [0.29, 0.717) is 23.7 Å².